The highest BCUT2D eigenvalue weighted by Gasteiger charge is 2.14. The van der Waals surface area contributed by atoms with Crippen molar-refractivity contribution in [2.75, 3.05) is 0 Å². The van der Waals surface area contributed by atoms with Gasteiger partial charge in [0.25, 0.3) is 0 Å². The van der Waals surface area contributed by atoms with Gasteiger partial charge in [0.15, 0.2) is 5.78 Å². The van der Waals surface area contributed by atoms with Gasteiger partial charge in [0, 0.05) is 22.9 Å². The molecule has 0 aliphatic rings. The molecule has 0 saturated heterocycles. The van der Waals surface area contributed by atoms with Crippen LogP contribution >= 0.6 is 15.9 Å². The molecule has 2 aromatic carbocycles. The summed E-state index contributed by atoms with van der Waals surface area (Å²) in [6, 6.07) is 12.8. The first-order valence-electron chi connectivity index (χ1n) is 7.30. The smallest absolute Gasteiger partial charge is 0.220 e. The fourth-order valence-corrected chi connectivity index (χ4v) is 2.85. The van der Waals surface area contributed by atoms with Gasteiger partial charge >= 0.3 is 0 Å². The van der Waals surface area contributed by atoms with Crippen LogP contribution in [0.3, 0.4) is 0 Å². The molecule has 5 heteroatoms. The average Bonchev–Trinajstić information content (AvgIpc) is 2.53. The van der Waals surface area contributed by atoms with Crippen LogP contribution in [-0.4, -0.2) is 11.7 Å². The Morgan fingerprint density at radius 1 is 1.09 bits per heavy atom. The molecule has 120 valence electrons. The van der Waals surface area contributed by atoms with Gasteiger partial charge in [-0.05, 0) is 42.8 Å². The lowest BCUT2D eigenvalue weighted by Gasteiger charge is -2.15. The molecule has 0 aliphatic carbocycles. The van der Waals surface area contributed by atoms with Crippen molar-refractivity contribution in [2.24, 2.45) is 0 Å². The van der Waals surface area contributed by atoms with Crippen LogP contribution in [-0.2, 0) is 4.79 Å². The van der Waals surface area contributed by atoms with E-state index in [0.717, 1.165) is 10.0 Å². The fraction of sp³-hybridized carbons (Fsp3) is 0.222. The van der Waals surface area contributed by atoms with E-state index in [1.54, 1.807) is 0 Å². The Morgan fingerprint density at radius 3 is 2.39 bits per heavy atom. The van der Waals surface area contributed by atoms with Crippen molar-refractivity contribution in [3.05, 3.63) is 69.9 Å². The van der Waals surface area contributed by atoms with E-state index in [0.29, 0.717) is 5.56 Å². The predicted molar refractivity (Wildman–Crippen MR) is 90.7 cm³/mol. The summed E-state index contributed by atoms with van der Waals surface area (Å²) >= 11 is 3.45. The zero-order chi connectivity index (χ0) is 16.8. The van der Waals surface area contributed by atoms with Crippen LogP contribution in [0.15, 0.2) is 53.0 Å². The zero-order valence-corrected chi connectivity index (χ0v) is 14.3. The van der Waals surface area contributed by atoms with Crippen LogP contribution in [0.5, 0.6) is 0 Å². The van der Waals surface area contributed by atoms with Crippen molar-refractivity contribution < 1.29 is 14.0 Å². The SMILES string of the molecule is C[C@H](NC(=O)CCC(=O)c1ccc(F)cc1)c1ccccc1Br. The molecule has 0 heterocycles. The minimum atomic E-state index is -0.387. The number of nitrogens with one attached hydrogen (secondary N) is 1. The molecule has 0 aromatic heterocycles. The van der Waals surface area contributed by atoms with Crippen molar-refractivity contribution in [2.45, 2.75) is 25.8 Å². The highest BCUT2D eigenvalue weighted by molar-refractivity contribution is 9.10. The molecule has 1 amide bonds. The van der Waals surface area contributed by atoms with E-state index < -0.39 is 0 Å². The molecule has 0 unspecified atom stereocenters. The second kappa shape index (κ2) is 8.02. The third-order valence-corrected chi connectivity index (χ3v) is 4.22. The normalized spacial score (nSPS) is 11.8. The Morgan fingerprint density at radius 2 is 1.74 bits per heavy atom. The Balaban J connectivity index is 1.86. The maximum Gasteiger partial charge on any atom is 0.220 e. The highest BCUT2D eigenvalue weighted by Crippen LogP contribution is 2.22. The quantitative estimate of drug-likeness (QED) is 0.756. The van der Waals surface area contributed by atoms with Gasteiger partial charge in [-0.3, -0.25) is 9.59 Å². The molecule has 0 radical (unpaired) electrons. The van der Waals surface area contributed by atoms with E-state index in [2.05, 4.69) is 21.2 Å². The van der Waals surface area contributed by atoms with Crippen molar-refractivity contribution in [3.63, 3.8) is 0 Å². The third kappa shape index (κ3) is 4.99. The van der Waals surface area contributed by atoms with Crippen molar-refractivity contribution in [1.29, 1.82) is 0 Å². The van der Waals surface area contributed by atoms with Crippen LogP contribution in [0.1, 0.15) is 41.7 Å². The second-order valence-corrected chi connectivity index (χ2v) is 6.10. The zero-order valence-electron chi connectivity index (χ0n) is 12.7. The van der Waals surface area contributed by atoms with E-state index in [9.17, 15) is 14.0 Å². The minimum absolute atomic E-state index is 0.0974. The summed E-state index contributed by atoms with van der Waals surface area (Å²) in [5.41, 5.74) is 1.39. The monoisotopic (exact) mass is 377 g/mol. The Labute approximate surface area is 143 Å². The number of hydrogen-bond donors (Lipinski definition) is 1. The van der Waals surface area contributed by atoms with E-state index in [-0.39, 0.29) is 36.4 Å². The minimum Gasteiger partial charge on any atom is -0.350 e. The van der Waals surface area contributed by atoms with E-state index in [1.807, 2.05) is 31.2 Å². The number of Topliss-reactive ketones (excluding diaryl/α,β-unsaturated/α-hetero) is 1. The lowest BCUT2D eigenvalue weighted by molar-refractivity contribution is -0.121. The maximum atomic E-state index is 12.8. The summed E-state index contributed by atoms with van der Waals surface area (Å²) in [6.07, 6.45) is 0.200. The molecule has 0 bridgehead atoms. The van der Waals surface area contributed by atoms with Crippen LogP contribution in [0, 0.1) is 5.82 Å². The van der Waals surface area contributed by atoms with Crippen LogP contribution in [0.2, 0.25) is 0 Å². The molecule has 0 saturated carbocycles. The first kappa shape index (κ1) is 17.3. The van der Waals surface area contributed by atoms with Gasteiger partial charge in [-0.1, -0.05) is 34.1 Å². The van der Waals surface area contributed by atoms with Crippen molar-refractivity contribution >= 4 is 27.6 Å². The van der Waals surface area contributed by atoms with Gasteiger partial charge in [-0.2, -0.15) is 0 Å². The van der Waals surface area contributed by atoms with Gasteiger partial charge in [-0.15, -0.1) is 0 Å². The lowest BCUT2D eigenvalue weighted by atomic mass is 10.1. The number of hydrogen-bond acceptors (Lipinski definition) is 2. The number of carbonyl (C=O) groups is 2. The Bertz CT molecular complexity index is 700. The molecule has 0 spiro atoms. The Hall–Kier alpha value is -2.01. The molecule has 0 aliphatic heterocycles. The van der Waals surface area contributed by atoms with Crippen molar-refractivity contribution in [1.82, 2.24) is 5.32 Å². The summed E-state index contributed by atoms with van der Waals surface area (Å²) in [5, 5.41) is 2.87. The predicted octanol–water partition coefficient (Wildman–Crippen LogP) is 4.43. The lowest BCUT2D eigenvalue weighted by Crippen LogP contribution is -2.27. The van der Waals surface area contributed by atoms with Gasteiger partial charge in [0.1, 0.15) is 5.82 Å². The topological polar surface area (TPSA) is 46.2 Å². The van der Waals surface area contributed by atoms with Crippen molar-refractivity contribution in [3.8, 4) is 0 Å². The Kier molecular flexibility index (Phi) is 6.04. The summed E-state index contributed by atoms with van der Waals surface area (Å²) in [4.78, 5) is 23.9. The first-order valence-corrected chi connectivity index (χ1v) is 8.09. The molecule has 2 rings (SSSR count). The number of ketones is 1. The molecular weight excluding hydrogens is 361 g/mol. The standard InChI is InChI=1S/C18H17BrFNO2/c1-12(15-4-2-3-5-16(15)19)21-18(23)11-10-17(22)13-6-8-14(20)9-7-13/h2-9,12H,10-11H2,1H3,(H,21,23)/t12-/m0/s1. The largest absolute Gasteiger partial charge is 0.350 e. The molecular formula is C18H17BrFNO2. The van der Waals surface area contributed by atoms with Gasteiger partial charge < -0.3 is 5.32 Å². The van der Waals surface area contributed by atoms with Crippen LogP contribution < -0.4 is 5.32 Å². The summed E-state index contributed by atoms with van der Waals surface area (Å²) in [6.45, 7) is 1.89. The third-order valence-electron chi connectivity index (χ3n) is 3.49. The molecule has 1 N–H and O–H groups in total. The molecule has 1 atom stereocenters. The average molecular weight is 378 g/mol. The molecule has 0 fully saturated rings. The van der Waals surface area contributed by atoms with Gasteiger partial charge in [0.05, 0.1) is 6.04 Å². The second-order valence-electron chi connectivity index (χ2n) is 5.24. The number of rotatable bonds is 6. The van der Waals surface area contributed by atoms with Crippen LogP contribution in [0.4, 0.5) is 4.39 Å². The summed E-state index contributed by atoms with van der Waals surface area (Å²) in [5.74, 6) is -0.751. The number of benzene rings is 2. The molecule has 23 heavy (non-hydrogen) atoms. The highest BCUT2D eigenvalue weighted by atomic mass is 79.9. The maximum absolute atomic E-state index is 12.8. The van der Waals surface area contributed by atoms with Gasteiger partial charge in [0.2, 0.25) is 5.91 Å². The number of carbonyl (C=O) groups excluding carboxylic acids is 2. The molecule has 2 aromatic rings. The van der Waals surface area contributed by atoms with Gasteiger partial charge in [-0.25, -0.2) is 4.39 Å². The summed E-state index contributed by atoms with van der Waals surface area (Å²) in [7, 11) is 0. The number of halogens is 2. The molecule has 3 nitrogen and oxygen atoms in total. The fourth-order valence-electron chi connectivity index (χ4n) is 2.22. The van der Waals surface area contributed by atoms with E-state index in [1.165, 1.54) is 24.3 Å². The first-order chi connectivity index (χ1) is 11.0. The number of amides is 1. The van der Waals surface area contributed by atoms with E-state index >= 15 is 0 Å². The summed E-state index contributed by atoms with van der Waals surface area (Å²) < 4.78 is 13.7. The van der Waals surface area contributed by atoms with E-state index in [4.69, 9.17) is 0 Å². The van der Waals surface area contributed by atoms with Crippen LogP contribution in [0.25, 0.3) is 0 Å².